The normalized spacial score (nSPS) is 25.1. The Morgan fingerprint density at radius 2 is 2.33 bits per heavy atom. The van der Waals surface area contributed by atoms with Crippen LogP contribution in [0.3, 0.4) is 0 Å². The van der Waals surface area contributed by atoms with E-state index in [1.54, 1.807) is 23.5 Å². The Kier molecular flexibility index (Phi) is 4.79. The molecule has 15 heavy (non-hydrogen) atoms. The van der Waals surface area contributed by atoms with Crippen LogP contribution in [0, 0.1) is 0 Å². The average molecular weight is 249 g/mol. The minimum Gasteiger partial charge on any atom is -0.479 e. The zero-order valence-corrected chi connectivity index (χ0v) is 10.2. The predicted molar refractivity (Wildman–Crippen MR) is 63.5 cm³/mol. The first kappa shape index (κ1) is 12.7. The first-order chi connectivity index (χ1) is 7.10. The molecule has 0 aromatic rings. The SMILES string of the molecule is CSCCC(=O)NC1(C(=O)O)CCSC1. The summed E-state index contributed by atoms with van der Waals surface area (Å²) in [4.78, 5) is 22.6. The summed E-state index contributed by atoms with van der Waals surface area (Å²) in [5.41, 5.74) is -1.01. The minimum atomic E-state index is -1.01. The topological polar surface area (TPSA) is 66.4 Å². The van der Waals surface area contributed by atoms with Gasteiger partial charge in [-0.15, -0.1) is 0 Å². The lowest BCUT2D eigenvalue weighted by molar-refractivity contribution is -0.146. The summed E-state index contributed by atoms with van der Waals surface area (Å²) in [6.45, 7) is 0. The smallest absolute Gasteiger partial charge is 0.330 e. The van der Waals surface area contributed by atoms with Crippen LogP contribution in [0.2, 0.25) is 0 Å². The van der Waals surface area contributed by atoms with Crippen molar-refractivity contribution in [3.8, 4) is 0 Å². The van der Waals surface area contributed by atoms with E-state index >= 15 is 0 Å². The van der Waals surface area contributed by atoms with E-state index in [0.717, 1.165) is 11.5 Å². The Labute approximate surface area is 97.6 Å². The number of aliphatic carboxylic acids is 1. The molecular weight excluding hydrogens is 234 g/mol. The summed E-state index contributed by atoms with van der Waals surface area (Å²) in [6.07, 6.45) is 2.84. The number of hydrogen-bond donors (Lipinski definition) is 2. The van der Waals surface area contributed by atoms with Gasteiger partial charge in [0.1, 0.15) is 5.54 Å². The van der Waals surface area contributed by atoms with Crippen LogP contribution in [0.4, 0.5) is 0 Å². The Morgan fingerprint density at radius 1 is 1.60 bits per heavy atom. The van der Waals surface area contributed by atoms with Gasteiger partial charge in [0.25, 0.3) is 0 Å². The quantitative estimate of drug-likeness (QED) is 0.755. The van der Waals surface area contributed by atoms with Crippen molar-refractivity contribution in [3.05, 3.63) is 0 Å². The van der Waals surface area contributed by atoms with Crippen LogP contribution in [-0.4, -0.2) is 46.0 Å². The molecule has 6 heteroatoms. The molecule has 1 aliphatic rings. The van der Waals surface area contributed by atoms with Gasteiger partial charge in [-0.2, -0.15) is 23.5 Å². The highest BCUT2D eigenvalue weighted by Crippen LogP contribution is 2.28. The molecule has 1 atom stereocenters. The molecule has 1 heterocycles. The van der Waals surface area contributed by atoms with Gasteiger partial charge in [0.05, 0.1) is 0 Å². The van der Waals surface area contributed by atoms with Crippen LogP contribution in [0.5, 0.6) is 0 Å². The number of amides is 1. The van der Waals surface area contributed by atoms with Crippen LogP contribution in [-0.2, 0) is 9.59 Å². The fourth-order valence-electron chi connectivity index (χ4n) is 1.41. The Bertz CT molecular complexity index is 252. The number of carboxylic acid groups (broad SMARTS) is 1. The second-order valence-electron chi connectivity index (χ2n) is 3.48. The van der Waals surface area contributed by atoms with Crippen molar-refractivity contribution in [2.45, 2.75) is 18.4 Å². The van der Waals surface area contributed by atoms with E-state index in [1.807, 2.05) is 6.26 Å². The van der Waals surface area contributed by atoms with Gasteiger partial charge in [-0.3, -0.25) is 4.79 Å². The Balaban J connectivity index is 2.52. The maximum absolute atomic E-state index is 11.5. The van der Waals surface area contributed by atoms with Gasteiger partial charge in [-0.1, -0.05) is 0 Å². The molecule has 4 nitrogen and oxygen atoms in total. The Morgan fingerprint density at radius 3 is 2.80 bits per heavy atom. The van der Waals surface area contributed by atoms with E-state index in [9.17, 15) is 9.59 Å². The molecule has 1 rings (SSSR count). The molecule has 0 radical (unpaired) electrons. The van der Waals surface area contributed by atoms with E-state index in [2.05, 4.69) is 5.32 Å². The fraction of sp³-hybridized carbons (Fsp3) is 0.778. The minimum absolute atomic E-state index is 0.158. The van der Waals surface area contributed by atoms with Crippen molar-refractivity contribution in [1.82, 2.24) is 5.32 Å². The van der Waals surface area contributed by atoms with Crippen LogP contribution in [0.1, 0.15) is 12.8 Å². The third-order valence-corrected chi connectivity index (χ3v) is 4.15. The Hall–Kier alpha value is -0.360. The molecule has 0 bridgehead atoms. The lowest BCUT2D eigenvalue weighted by atomic mass is 9.99. The summed E-state index contributed by atoms with van der Waals surface area (Å²) in [5.74, 6) is 0.941. The lowest BCUT2D eigenvalue weighted by Crippen LogP contribution is -2.54. The number of thioether (sulfide) groups is 2. The number of rotatable bonds is 5. The maximum Gasteiger partial charge on any atom is 0.330 e. The van der Waals surface area contributed by atoms with Crippen molar-refractivity contribution in [1.29, 1.82) is 0 Å². The van der Waals surface area contributed by atoms with Crippen molar-refractivity contribution in [2.75, 3.05) is 23.5 Å². The number of carbonyl (C=O) groups is 2. The van der Waals surface area contributed by atoms with Gasteiger partial charge in [-0.05, 0) is 18.4 Å². The first-order valence-corrected chi connectivity index (χ1v) is 7.27. The highest BCUT2D eigenvalue weighted by molar-refractivity contribution is 7.99. The summed E-state index contributed by atoms with van der Waals surface area (Å²) >= 11 is 3.16. The van der Waals surface area contributed by atoms with E-state index in [0.29, 0.717) is 18.6 Å². The highest BCUT2D eigenvalue weighted by Gasteiger charge is 2.42. The molecule has 1 amide bonds. The van der Waals surface area contributed by atoms with Gasteiger partial charge >= 0.3 is 5.97 Å². The van der Waals surface area contributed by atoms with Crippen molar-refractivity contribution in [2.24, 2.45) is 0 Å². The summed E-state index contributed by atoms with van der Waals surface area (Å²) < 4.78 is 0. The van der Waals surface area contributed by atoms with E-state index in [1.165, 1.54) is 0 Å². The molecule has 1 unspecified atom stereocenters. The number of carbonyl (C=O) groups excluding carboxylic acids is 1. The highest BCUT2D eigenvalue weighted by atomic mass is 32.2. The second-order valence-corrected chi connectivity index (χ2v) is 5.57. The van der Waals surface area contributed by atoms with Crippen molar-refractivity contribution >= 4 is 35.4 Å². The van der Waals surface area contributed by atoms with E-state index in [4.69, 9.17) is 5.11 Å². The predicted octanol–water partition coefficient (Wildman–Crippen LogP) is 0.816. The third kappa shape index (κ3) is 3.31. The van der Waals surface area contributed by atoms with Crippen LogP contribution < -0.4 is 5.32 Å². The fourth-order valence-corrected chi connectivity index (χ4v) is 3.12. The molecule has 0 aliphatic carbocycles. The number of carboxylic acids is 1. The monoisotopic (exact) mass is 249 g/mol. The molecule has 0 spiro atoms. The molecule has 0 aromatic carbocycles. The summed E-state index contributed by atoms with van der Waals surface area (Å²) in [6, 6.07) is 0. The summed E-state index contributed by atoms with van der Waals surface area (Å²) in [7, 11) is 0. The lowest BCUT2D eigenvalue weighted by Gasteiger charge is -2.24. The molecule has 1 aliphatic heterocycles. The second kappa shape index (κ2) is 5.65. The van der Waals surface area contributed by atoms with E-state index in [-0.39, 0.29) is 5.91 Å². The summed E-state index contributed by atoms with van der Waals surface area (Å²) in [5, 5.41) is 11.8. The molecular formula is C9H15NO3S2. The molecule has 1 saturated heterocycles. The van der Waals surface area contributed by atoms with Gasteiger partial charge in [0.15, 0.2) is 0 Å². The third-order valence-electron chi connectivity index (χ3n) is 2.34. The van der Waals surface area contributed by atoms with Gasteiger partial charge in [0, 0.05) is 17.9 Å². The van der Waals surface area contributed by atoms with Crippen LogP contribution >= 0.6 is 23.5 Å². The maximum atomic E-state index is 11.5. The zero-order chi connectivity index (χ0) is 11.3. The van der Waals surface area contributed by atoms with Crippen molar-refractivity contribution < 1.29 is 14.7 Å². The zero-order valence-electron chi connectivity index (χ0n) is 8.62. The molecule has 86 valence electrons. The van der Waals surface area contributed by atoms with Crippen LogP contribution in [0.15, 0.2) is 0 Å². The number of nitrogens with one attached hydrogen (secondary N) is 1. The van der Waals surface area contributed by atoms with Crippen LogP contribution in [0.25, 0.3) is 0 Å². The van der Waals surface area contributed by atoms with Gasteiger partial charge < -0.3 is 10.4 Å². The first-order valence-electron chi connectivity index (χ1n) is 4.72. The van der Waals surface area contributed by atoms with Gasteiger partial charge in [-0.25, -0.2) is 4.79 Å². The van der Waals surface area contributed by atoms with E-state index < -0.39 is 11.5 Å². The molecule has 2 N–H and O–H groups in total. The largest absolute Gasteiger partial charge is 0.479 e. The number of hydrogen-bond acceptors (Lipinski definition) is 4. The molecule has 0 aromatic heterocycles. The van der Waals surface area contributed by atoms with Gasteiger partial charge in [0.2, 0.25) is 5.91 Å². The standard InChI is InChI=1S/C9H15NO3S2/c1-14-4-2-7(11)10-9(8(12)13)3-5-15-6-9/h2-6H2,1H3,(H,10,11)(H,12,13). The molecule has 1 fully saturated rings. The average Bonchev–Trinajstić information content (AvgIpc) is 2.64. The van der Waals surface area contributed by atoms with Crippen molar-refractivity contribution in [3.63, 3.8) is 0 Å². The molecule has 0 saturated carbocycles.